The maximum absolute atomic E-state index is 11.7. The van der Waals surface area contributed by atoms with Gasteiger partial charge in [-0.1, -0.05) is 12.1 Å². The van der Waals surface area contributed by atoms with E-state index in [0.29, 0.717) is 26.1 Å². The van der Waals surface area contributed by atoms with Gasteiger partial charge < -0.3 is 10.1 Å². The lowest BCUT2D eigenvalue weighted by Crippen LogP contribution is -2.36. The number of nitrogens with one attached hydrogen (secondary N) is 1. The molecule has 0 spiro atoms. The van der Waals surface area contributed by atoms with Crippen LogP contribution in [-0.2, 0) is 26.0 Å². The molecule has 1 amide bonds. The van der Waals surface area contributed by atoms with Gasteiger partial charge in [-0.3, -0.25) is 4.79 Å². The Bertz CT molecular complexity index is 555. The lowest BCUT2D eigenvalue weighted by atomic mass is 10.1. The average molecular weight is 314 g/mol. The molecule has 0 heterocycles. The Balaban J connectivity index is 2.43. The first-order chi connectivity index (χ1) is 9.82. The number of sulfonamides is 1. The van der Waals surface area contributed by atoms with Crippen molar-refractivity contribution in [2.45, 2.75) is 37.6 Å². The number of carbonyl (C=O) groups excluding carboxylic acids is 1. The summed E-state index contributed by atoms with van der Waals surface area (Å²) < 4.78 is 27.5. The summed E-state index contributed by atoms with van der Waals surface area (Å²) in [4.78, 5) is 11.8. The van der Waals surface area contributed by atoms with Crippen molar-refractivity contribution in [3.8, 4) is 0 Å². The molecule has 1 atom stereocenters. The highest BCUT2D eigenvalue weighted by Gasteiger charge is 2.09. The van der Waals surface area contributed by atoms with E-state index < -0.39 is 10.0 Å². The monoisotopic (exact) mass is 314 g/mol. The van der Waals surface area contributed by atoms with Crippen LogP contribution in [0.4, 0.5) is 0 Å². The fraction of sp³-hybridized carbons (Fsp3) is 0.500. The Morgan fingerprint density at radius 3 is 2.48 bits per heavy atom. The molecule has 118 valence electrons. The number of nitrogens with two attached hydrogens (primary N) is 1. The van der Waals surface area contributed by atoms with Crippen LogP contribution in [0.2, 0.25) is 0 Å². The predicted molar refractivity (Wildman–Crippen MR) is 80.2 cm³/mol. The van der Waals surface area contributed by atoms with Gasteiger partial charge in [0.15, 0.2) is 0 Å². The van der Waals surface area contributed by atoms with Crippen LogP contribution < -0.4 is 10.5 Å². The zero-order valence-electron chi connectivity index (χ0n) is 12.3. The van der Waals surface area contributed by atoms with Crippen molar-refractivity contribution >= 4 is 15.9 Å². The first kappa shape index (κ1) is 17.6. The number of amides is 1. The highest BCUT2D eigenvalue weighted by atomic mass is 32.2. The second-order valence-electron chi connectivity index (χ2n) is 4.82. The van der Waals surface area contributed by atoms with Gasteiger partial charge in [0.1, 0.15) is 0 Å². The van der Waals surface area contributed by atoms with Crippen molar-refractivity contribution in [1.29, 1.82) is 0 Å². The third-order valence-corrected chi connectivity index (χ3v) is 3.80. The van der Waals surface area contributed by atoms with E-state index >= 15 is 0 Å². The smallest absolute Gasteiger partial charge is 0.238 e. The normalized spacial score (nSPS) is 12.9. The van der Waals surface area contributed by atoms with Crippen LogP contribution in [0, 0.1) is 0 Å². The molecule has 0 aliphatic rings. The summed E-state index contributed by atoms with van der Waals surface area (Å²) in [5, 5.41) is 7.86. The quantitative estimate of drug-likeness (QED) is 0.741. The zero-order valence-corrected chi connectivity index (χ0v) is 13.2. The van der Waals surface area contributed by atoms with Gasteiger partial charge in [0, 0.05) is 19.1 Å². The number of hydrogen-bond acceptors (Lipinski definition) is 4. The number of aryl methyl sites for hydroxylation is 1. The Hall–Kier alpha value is -1.44. The molecule has 7 heteroatoms. The Morgan fingerprint density at radius 1 is 1.33 bits per heavy atom. The molecule has 0 aromatic heterocycles. The second-order valence-corrected chi connectivity index (χ2v) is 6.38. The summed E-state index contributed by atoms with van der Waals surface area (Å²) in [5.74, 6) is -0.0577. The molecule has 0 saturated carbocycles. The molecule has 6 nitrogen and oxygen atoms in total. The van der Waals surface area contributed by atoms with Gasteiger partial charge in [-0.2, -0.15) is 0 Å². The van der Waals surface area contributed by atoms with E-state index in [1.807, 2.05) is 13.8 Å². The van der Waals surface area contributed by atoms with Crippen LogP contribution in [0.3, 0.4) is 0 Å². The predicted octanol–water partition coefficient (Wildman–Crippen LogP) is 0.808. The van der Waals surface area contributed by atoms with Crippen molar-refractivity contribution in [3.05, 3.63) is 29.8 Å². The standard InChI is InChI=1S/C14H22N2O4S/c1-3-20-10-11(2)16-14(17)9-6-12-4-7-13(8-5-12)21(15,18)19/h4-5,7-8,11H,3,6,9-10H2,1-2H3,(H,16,17)(H2,15,18,19). The van der Waals surface area contributed by atoms with Crippen molar-refractivity contribution < 1.29 is 17.9 Å². The number of rotatable bonds is 8. The van der Waals surface area contributed by atoms with E-state index in [2.05, 4.69) is 5.32 Å². The molecule has 1 aromatic carbocycles. The van der Waals surface area contributed by atoms with E-state index in [1.54, 1.807) is 12.1 Å². The van der Waals surface area contributed by atoms with E-state index in [0.717, 1.165) is 5.56 Å². The molecule has 1 unspecified atom stereocenters. The fourth-order valence-electron chi connectivity index (χ4n) is 1.79. The molecule has 0 aliphatic carbocycles. The average Bonchev–Trinajstić information content (AvgIpc) is 2.42. The van der Waals surface area contributed by atoms with Crippen molar-refractivity contribution in [2.75, 3.05) is 13.2 Å². The number of hydrogen-bond donors (Lipinski definition) is 2. The highest BCUT2D eigenvalue weighted by Crippen LogP contribution is 2.10. The summed E-state index contributed by atoms with van der Waals surface area (Å²) in [6.07, 6.45) is 0.878. The van der Waals surface area contributed by atoms with E-state index in [1.165, 1.54) is 12.1 Å². The number of benzene rings is 1. The van der Waals surface area contributed by atoms with E-state index in [-0.39, 0.29) is 16.8 Å². The van der Waals surface area contributed by atoms with Gasteiger partial charge in [-0.25, -0.2) is 13.6 Å². The molecule has 1 rings (SSSR count). The summed E-state index contributed by atoms with van der Waals surface area (Å²) in [6.45, 7) is 4.90. The summed E-state index contributed by atoms with van der Waals surface area (Å²) in [6, 6.07) is 6.19. The van der Waals surface area contributed by atoms with E-state index in [9.17, 15) is 13.2 Å². The third kappa shape index (κ3) is 6.70. The van der Waals surface area contributed by atoms with Crippen LogP contribution in [0.25, 0.3) is 0 Å². The van der Waals surface area contributed by atoms with Crippen LogP contribution in [-0.4, -0.2) is 33.6 Å². The number of ether oxygens (including phenoxy) is 1. The fourth-order valence-corrected chi connectivity index (χ4v) is 2.30. The minimum atomic E-state index is -3.67. The molecule has 1 aromatic rings. The summed E-state index contributed by atoms with van der Waals surface area (Å²) >= 11 is 0. The SMILES string of the molecule is CCOCC(C)NC(=O)CCc1ccc(S(N)(=O)=O)cc1. The molecular formula is C14H22N2O4S. The van der Waals surface area contributed by atoms with Gasteiger partial charge in [0.05, 0.1) is 11.5 Å². The number of carbonyl (C=O) groups is 1. The minimum Gasteiger partial charge on any atom is -0.380 e. The third-order valence-electron chi connectivity index (χ3n) is 2.87. The van der Waals surface area contributed by atoms with Crippen LogP contribution in [0.15, 0.2) is 29.2 Å². The molecular weight excluding hydrogens is 292 g/mol. The first-order valence-corrected chi connectivity index (χ1v) is 8.36. The number of primary sulfonamides is 1. The molecule has 0 fully saturated rings. The van der Waals surface area contributed by atoms with Gasteiger partial charge in [-0.05, 0) is 38.0 Å². The molecule has 0 saturated heterocycles. The maximum atomic E-state index is 11.7. The molecule has 3 N–H and O–H groups in total. The van der Waals surface area contributed by atoms with Crippen molar-refractivity contribution in [3.63, 3.8) is 0 Å². The molecule has 0 aliphatic heterocycles. The Kier molecular flexibility index (Phi) is 6.80. The summed E-state index contributed by atoms with van der Waals surface area (Å²) in [5.41, 5.74) is 0.884. The van der Waals surface area contributed by atoms with Crippen LogP contribution in [0.5, 0.6) is 0 Å². The largest absolute Gasteiger partial charge is 0.380 e. The van der Waals surface area contributed by atoms with Gasteiger partial charge in [0.25, 0.3) is 0 Å². The van der Waals surface area contributed by atoms with E-state index in [4.69, 9.17) is 9.88 Å². The van der Waals surface area contributed by atoms with Gasteiger partial charge in [0.2, 0.25) is 15.9 Å². The van der Waals surface area contributed by atoms with Crippen molar-refractivity contribution in [2.24, 2.45) is 5.14 Å². The summed E-state index contributed by atoms with van der Waals surface area (Å²) in [7, 11) is -3.67. The van der Waals surface area contributed by atoms with Gasteiger partial charge >= 0.3 is 0 Å². The molecule has 0 radical (unpaired) electrons. The maximum Gasteiger partial charge on any atom is 0.238 e. The second kappa shape index (κ2) is 8.11. The Labute approximate surface area is 125 Å². The Morgan fingerprint density at radius 2 is 1.95 bits per heavy atom. The lowest BCUT2D eigenvalue weighted by molar-refractivity contribution is -0.122. The topological polar surface area (TPSA) is 98.5 Å². The van der Waals surface area contributed by atoms with Crippen LogP contribution >= 0.6 is 0 Å². The lowest BCUT2D eigenvalue weighted by Gasteiger charge is -2.13. The van der Waals surface area contributed by atoms with Crippen LogP contribution in [0.1, 0.15) is 25.8 Å². The molecule has 0 bridgehead atoms. The first-order valence-electron chi connectivity index (χ1n) is 6.81. The molecule has 21 heavy (non-hydrogen) atoms. The minimum absolute atomic E-state index is 0.0257. The van der Waals surface area contributed by atoms with Crippen molar-refractivity contribution in [1.82, 2.24) is 5.32 Å². The van der Waals surface area contributed by atoms with Gasteiger partial charge in [-0.15, -0.1) is 0 Å². The zero-order chi connectivity index (χ0) is 15.9. The highest BCUT2D eigenvalue weighted by molar-refractivity contribution is 7.89.